The van der Waals surface area contributed by atoms with Crippen molar-refractivity contribution in [1.82, 2.24) is 10.3 Å². The van der Waals surface area contributed by atoms with Crippen LogP contribution in [0.1, 0.15) is 76.8 Å². The summed E-state index contributed by atoms with van der Waals surface area (Å²) in [6.45, 7) is 8.87. The molecule has 0 aromatic carbocycles. The molecule has 2 fully saturated rings. The van der Waals surface area contributed by atoms with E-state index in [2.05, 4.69) is 55.5 Å². The predicted octanol–water partition coefficient (Wildman–Crippen LogP) is 5.85. The van der Waals surface area contributed by atoms with E-state index in [1.54, 1.807) is 18.1 Å². The quantitative estimate of drug-likeness (QED) is 0.628. The summed E-state index contributed by atoms with van der Waals surface area (Å²) in [5.41, 5.74) is 6.39. The molecule has 1 aromatic heterocycles. The van der Waals surface area contributed by atoms with E-state index in [1.165, 1.54) is 43.2 Å². The number of carbonyl (C=O) groups is 1. The van der Waals surface area contributed by atoms with Crippen molar-refractivity contribution in [3.63, 3.8) is 0 Å². The van der Waals surface area contributed by atoms with Crippen molar-refractivity contribution in [1.29, 1.82) is 0 Å². The van der Waals surface area contributed by atoms with E-state index in [-0.39, 0.29) is 11.3 Å². The minimum absolute atomic E-state index is 0.113. The Morgan fingerprint density at radius 2 is 1.87 bits per heavy atom. The maximum absolute atomic E-state index is 11.6. The third-order valence-electron chi connectivity index (χ3n) is 9.28. The van der Waals surface area contributed by atoms with Crippen LogP contribution in [0.5, 0.6) is 0 Å². The number of aromatic nitrogens is 1. The van der Waals surface area contributed by atoms with Gasteiger partial charge in [0.25, 0.3) is 0 Å². The summed E-state index contributed by atoms with van der Waals surface area (Å²) in [5, 5.41) is 3.18. The first kappa shape index (κ1) is 20.0. The van der Waals surface area contributed by atoms with Gasteiger partial charge in [0.2, 0.25) is 5.91 Å². The fourth-order valence-corrected chi connectivity index (χ4v) is 7.79. The van der Waals surface area contributed by atoms with Crippen LogP contribution < -0.4 is 5.32 Å². The van der Waals surface area contributed by atoms with Crippen molar-refractivity contribution in [3.8, 4) is 0 Å². The number of carbonyl (C=O) groups excluding carboxylic acids is 1. The van der Waals surface area contributed by atoms with Gasteiger partial charge in [0, 0.05) is 25.4 Å². The van der Waals surface area contributed by atoms with E-state index < -0.39 is 0 Å². The van der Waals surface area contributed by atoms with Gasteiger partial charge < -0.3 is 5.32 Å². The summed E-state index contributed by atoms with van der Waals surface area (Å²) in [6.07, 6.45) is 17.6. The number of hydrogen-bond acceptors (Lipinski definition) is 2. The molecule has 6 atom stereocenters. The van der Waals surface area contributed by atoms with Crippen molar-refractivity contribution in [2.24, 2.45) is 28.6 Å². The first-order valence-electron chi connectivity index (χ1n) is 11.9. The number of rotatable bonds is 2. The fourth-order valence-electron chi connectivity index (χ4n) is 7.79. The summed E-state index contributed by atoms with van der Waals surface area (Å²) in [7, 11) is 0. The molecule has 3 nitrogen and oxygen atoms in total. The van der Waals surface area contributed by atoms with Crippen LogP contribution in [0.2, 0.25) is 0 Å². The predicted molar refractivity (Wildman–Crippen MR) is 122 cm³/mol. The van der Waals surface area contributed by atoms with Crippen LogP contribution in [0.3, 0.4) is 0 Å². The highest BCUT2D eigenvalue weighted by Gasteiger charge is 2.56. The Balaban J connectivity index is 1.41. The number of allylic oxidation sites excluding steroid dienone is 3. The molecular formula is C27H36N2O. The van der Waals surface area contributed by atoms with Crippen LogP contribution in [0.4, 0.5) is 0 Å². The first-order chi connectivity index (χ1) is 14.3. The van der Waals surface area contributed by atoms with Gasteiger partial charge in [0.1, 0.15) is 0 Å². The van der Waals surface area contributed by atoms with Gasteiger partial charge in [-0.25, -0.2) is 0 Å². The number of amides is 1. The molecule has 1 N–H and O–H groups in total. The van der Waals surface area contributed by atoms with Gasteiger partial charge in [-0.15, -0.1) is 0 Å². The molecule has 0 unspecified atom stereocenters. The normalized spacial score (nSPS) is 39.9. The van der Waals surface area contributed by atoms with Gasteiger partial charge >= 0.3 is 0 Å². The third kappa shape index (κ3) is 2.99. The highest BCUT2D eigenvalue weighted by atomic mass is 16.1. The molecule has 160 valence electrons. The van der Waals surface area contributed by atoms with E-state index in [1.807, 2.05) is 6.20 Å². The number of aryl methyl sites for hydroxylation is 1. The molecule has 1 heterocycles. The standard InChI is InChI=1S/C27H36N2O/c1-17-13-19(16-28-15-17)23-7-8-24-22-6-5-20-14-21(29-18(2)30)9-11-26(20,3)25(22)10-12-27(23,24)4/h5,7,13,15-16,21-22,24-25H,6,8-12,14H2,1-4H3,(H,29,30)/t21-,22+,24+,25+,26+,27-/m1/s1. The second kappa shape index (κ2) is 7.07. The van der Waals surface area contributed by atoms with Gasteiger partial charge in [-0.05, 0) is 103 Å². The average molecular weight is 405 g/mol. The lowest BCUT2D eigenvalue weighted by atomic mass is 9.47. The SMILES string of the molecule is CC(=O)N[C@@H]1CC[C@@]2(C)C(=CC[C@@H]3[C@@H]2CC[C@]2(C)C(c4cncc(C)c4)=CC[C@@H]32)C1. The number of fused-ring (bicyclic) bond motifs is 5. The van der Waals surface area contributed by atoms with Crippen LogP contribution in [0.25, 0.3) is 5.57 Å². The molecule has 4 aliphatic carbocycles. The molecule has 1 amide bonds. The van der Waals surface area contributed by atoms with Gasteiger partial charge in [-0.3, -0.25) is 9.78 Å². The van der Waals surface area contributed by atoms with Crippen molar-refractivity contribution in [3.05, 3.63) is 47.3 Å². The summed E-state index contributed by atoms with van der Waals surface area (Å²) in [6, 6.07) is 2.66. The number of nitrogens with zero attached hydrogens (tertiary/aromatic N) is 1. The molecule has 5 rings (SSSR count). The lowest BCUT2D eigenvalue weighted by Crippen LogP contribution is -2.51. The molecule has 0 aliphatic heterocycles. The molecule has 4 aliphatic rings. The topological polar surface area (TPSA) is 42.0 Å². The third-order valence-corrected chi connectivity index (χ3v) is 9.28. The molecule has 0 bridgehead atoms. The fraction of sp³-hybridized carbons (Fsp3) is 0.630. The highest BCUT2D eigenvalue weighted by molar-refractivity contribution is 5.73. The zero-order valence-corrected chi connectivity index (χ0v) is 19.0. The second-order valence-electron chi connectivity index (χ2n) is 11.0. The number of pyridine rings is 1. The van der Waals surface area contributed by atoms with E-state index in [0.29, 0.717) is 11.5 Å². The molecule has 0 radical (unpaired) electrons. The Morgan fingerprint density at radius 1 is 1.07 bits per heavy atom. The Bertz CT molecular complexity index is 931. The lowest BCUT2D eigenvalue weighted by Gasteiger charge is -2.58. The minimum Gasteiger partial charge on any atom is -0.353 e. The van der Waals surface area contributed by atoms with Gasteiger partial charge in [-0.2, -0.15) is 0 Å². The molecule has 2 saturated carbocycles. The van der Waals surface area contributed by atoms with Crippen molar-refractivity contribution in [2.75, 3.05) is 0 Å². The monoisotopic (exact) mass is 404 g/mol. The van der Waals surface area contributed by atoms with E-state index >= 15 is 0 Å². The van der Waals surface area contributed by atoms with Crippen molar-refractivity contribution in [2.45, 2.75) is 78.7 Å². The molecule has 3 heteroatoms. The van der Waals surface area contributed by atoms with Crippen LogP contribution >= 0.6 is 0 Å². The van der Waals surface area contributed by atoms with E-state index in [0.717, 1.165) is 30.6 Å². The van der Waals surface area contributed by atoms with Gasteiger partial charge in [0.15, 0.2) is 0 Å². The molecule has 0 spiro atoms. The average Bonchev–Trinajstić information content (AvgIpc) is 3.05. The Kier molecular flexibility index (Phi) is 4.72. The number of nitrogens with one attached hydrogen (secondary N) is 1. The Morgan fingerprint density at radius 3 is 2.63 bits per heavy atom. The largest absolute Gasteiger partial charge is 0.353 e. The van der Waals surface area contributed by atoms with E-state index in [4.69, 9.17) is 0 Å². The zero-order chi connectivity index (χ0) is 21.1. The first-order valence-corrected chi connectivity index (χ1v) is 11.9. The smallest absolute Gasteiger partial charge is 0.217 e. The van der Waals surface area contributed by atoms with Crippen molar-refractivity contribution >= 4 is 11.5 Å². The highest BCUT2D eigenvalue weighted by Crippen LogP contribution is 2.66. The van der Waals surface area contributed by atoms with Crippen LogP contribution in [0, 0.1) is 35.5 Å². The summed E-state index contributed by atoms with van der Waals surface area (Å²) in [5.74, 6) is 2.43. The maximum atomic E-state index is 11.6. The zero-order valence-electron chi connectivity index (χ0n) is 19.0. The van der Waals surface area contributed by atoms with Crippen LogP contribution in [-0.2, 0) is 4.79 Å². The minimum atomic E-state index is 0.113. The van der Waals surface area contributed by atoms with Crippen LogP contribution in [0.15, 0.2) is 36.2 Å². The molecule has 0 saturated heterocycles. The lowest BCUT2D eigenvalue weighted by molar-refractivity contribution is -0.120. The second-order valence-corrected chi connectivity index (χ2v) is 11.0. The van der Waals surface area contributed by atoms with Gasteiger partial charge in [0.05, 0.1) is 0 Å². The van der Waals surface area contributed by atoms with Gasteiger partial charge in [-0.1, -0.05) is 31.6 Å². The summed E-state index contributed by atoms with van der Waals surface area (Å²) >= 11 is 0. The molecule has 1 aromatic rings. The summed E-state index contributed by atoms with van der Waals surface area (Å²) in [4.78, 5) is 16.1. The van der Waals surface area contributed by atoms with E-state index in [9.17, 15) is 4.79 Å². The Labute approximate surface area is 181 Å². The number of hydrogen-bond donors (Lipinski definition) is 1. The molecule has 30 heavy (non-hydrogen) atoms. The summed E-state index contributed by atoms with van der Waals surface area (Å²) < 4.78 is 0. The van der Waals surface area contributed by atoms with Crippen LogP contribution in [-0.4, -0.2) is 16.9 Å². The Hall–Kier alpha value is -1.90. The van der Waals surface area contributed by atoms with Crippen molar-refractivity contribution < 1.29 is 4.79 Å². The molecular weight excluding hydrogens is 368 g/mol. The maximum Gasteiger partial charge on any atom is 0.217 e.